The first-order valence-corrected chi connectivity index (χ1v) is 5.28. The van der Waals surface area contributed by atoms with Crippen LogP contribution < -0.4 is 5.73 Å². The van der Waals surface area contributed by atoms with E-state index in [1.807, 2.05) is 4.90 Å². The van der Waals surface area contributed by atoms with Crippen LogP contribution in [-0.2, 0) is 4.79 Å². The van der Waals surface area contributed by atoms with Gasteiger partial charge >= 0.3 is 0 Å². The first-order chi connectivity index (χ1) is 6.22. The summed E-state index contributed by atoms with van der Waals surface area (Å²) < 4.78 is 0. The van der Waals surface area contributed by atoms with Crippen LogP contribution in [0.15, 0.2) is 0 Å². The van der Waals surface area contributed by atoms with E-state index < -0.39 is 0 Å². The largest absolute Gasteiger partial charge is 0.336 e. The van der Waals surface area contributed by atoms with E-state index >= 15 is 0 Å². The Labute approximate surface area is 79.3 Å². The topological polar surface area (TPSA) is 46.3 Å². The fourth-order valence-electron chi connectivity index (χ4n) is 2.06. The molecule has 1 aliphatic heterocycles. The molecule has 74 valence electrons. The minimum absolute atomic E-state index is 0.160. The maximum Gasteiger partial charge on any atom is 0.241 e. The van der Waals surface area contributed by atoms with E-state index in [9.17, 15) is 4.79 Å². The summed E-state index contributed by atoms with van der Waals surface area (Å²) in [6, 6.07) is 0.271. The summed E-state index contributed by atoms with van der Waals surface area (Å²) in [6.45, 7) is 2.94. The second kappa shape index (κ2) is 3.29. The Morgan fingerprint density at radius 2 is 2.31 bits per heavy atom. The number of carbonyl (C=O) groups excluding carboxylic acids is 1. The standard InChI is InChI=1S/C10H18N2O/c1-2-8(5-7-3-4-7)12-6-9(11)10(12)13/h7-9H,2-6,11H2,1H3. The molecule has 2 atom stereocenters. The molecule has 0 radical (unpaired) electrons. The average molecular weight is 182 g/mol. The van der Waals surface area contributed by atoms with Crippen LogP contribution >= 0.6 is 0 Å². The fraction of sp³-hybridized carbons (Fsp3) is 0.900. The Morgan fingerprint density at radius 3 is 2.69 bits per heavy atom. The minimum Gasteiger partial charge on any atom is -0.336 e. The molecule has 2 N–H and O–H groups in total. The molecule has 0 aromatic carbocycles. The quantitative estimate of drug-likeness (QED) is 0.652. The summed E-state index contributed by atoms with van der Waals surface area (Å²) in [5, 5.41) is 0. The fourth-order valence-corrected chi connectivity index (χ4v) is 2.06. The van der Waals surface area contributed by atoms with Crippen molar-refractivity contribution in [3.8, 4) is 0 Å². The summed E-state index contributed by atoms with van der Waals surface area (Å²) in [7, 11) is 0. The third kappa shape index (κ3) is 1.70. The highest BCUT2D eigenvalue weighted by Gasteiger charge is 2.39. The van der Waals surface area contributed by atoms with Gasteiger partial charge in [-0.2, -0.15) is 0 Å². The van der Waals surface area contributed by atoms with Crippen molar-refractivity contribution < 1.29 is 4.79 Å². The molecule has 0 aromatic heterocycles. The average Bonchev–Trinajstić information content (AvgIpc) is 2.94. The molecule has 0 bridgehead atoms. The van der Waals surface area contributed by atoms with Gasteiger partial charge in [-0.15, -0.1) is 0 Å². The molecule has 13 heavy (non-hydrogen) atoms. The van der Waals surface area contributed by atoms with Gasteiger partial charge in [0.15, 0.2) is 0 Å². The summed E-state index contributed by atoms with van der Waals surface area (Å²) >= 11 is 0. The van der Waals surface area contributed by atoms with Crippen LogP contribution in [0, 0.1) is 5.92 Å². The molecule has 3 heteroatoms. The van der Waals surface area contributed by atoms with Crippen molar-refractivity contribution in [3.05, 3.63) is 0 Å². The highest BCUT2D eigenvalue weighted by Crippen LogP contribution is 2.36. The summed E-state index contributed by atoms with van der Waals surface area (Å²) in [5.41, 5.74) is 5.56. The van der Waals surface area contributed by atoms with Crippen molar-refractivity contribution in [2.45, 2.75) is 44.7 Å². The lowest BCUT2D eigenvalue weighted by molar-refractivity contribution is -0.146. The molecular formula is C10H18N2O. The van der Waals surface area contributed by atoms with Gasteiger partial charge in [0.05, 0.1) is 0 Å². The van der Waals surface area contributed by atoms with Crippen molar-refractivity contribution in [2.75, 3.05) is 6.54 Å². The predicted octanol–water partition coefficient (Wildman–Crippen LogP) is 0.735. The number of hydrogen-bond donors (Lipinski definition) is 1. The molecule has 0 spiro atoms. The number of nitrogens with zero attached hydrogens (tertiary/aromatic N) is 1. The van der Waals surface area contributed by atoms with Crippen LogP contribution in [0.4, 0.5) is 0 Å². The maximum atomic E-state index is 11.4. The van der Waals surface area contributed by atoms with E-state index in [1.54, 1.807) is 0 Å². The van der Waals surface area contributed by atoms with Crippen molar-refractivity contribution >= 4 is 5.91 Å². The zero-order valence-electron chi connectivity index (χ0n) is 8.20. The van der Waals surface area contributed by atoms with E-state index in [-0.39, 0.29) is 11.9 Å². The van der Waals surface area contributed by atoms with Gasteiger partial charge in [-0.3, -0.25) is 4.79 Å². The molecule has 2 unspecified atom stereocenters. The van der Waals surface area contributed by atoms with Gasteiger partial charge in [0, 0.05) is 12.6 Å². The molecule has 1 heterocycles. The second-order valence-corrected chi connectivity index (χ2v) is 4.34. The van der Waals surface area contributed by atoms with Crippen LogP contribution in [0.2, 0.25) is 0 Å². The normalized spacial score (nSPS) is 30.2. The molecule has 1 saturated carbocycles. The van der Waals surface area contributed by atoms with Crippen LogP contribution in [-0.4, -0.2) is 29.4 Å². The number of β-lactam (4-membered cyclic amide) rings is 1. The lowest BCUT2D eigenvalue weighted by atomic mass is 9.99. The highest BCUT2D eigenvalue weighted by molar-refractivity contribution is 5.87. The van der Waals surface area contributed by atoms with Gasteiger partial charge in [-0.25, -0.2) is 0 Å². The van der Waals surface area contributed by atoms with E-state index in [1.165, 1.54) is 19.3 Å². The number of carbonyl (C=O) groups is 1. The van der Waals surface area contributed by atoms with Crippen LogP contribution in [0.3, 0.4) is 0 Å². The Kier molecular flexibility index (Phi) is 2.28. The summed E-state index contributed by atoms with van der Waals surface area (Å²) in [5.74, 6) is 1.06. The zero-order chi connectivity index (χ0) is 9.42. The number of amides is 1. The highest BCUT2D eigenvalue weighted by atomic mass is 16.2. The lowest BCUT2D eigenvalue weighted by Crippen LogP contribution is -2.64. The van der Waals surface area contributed by atoms with E-state index in [0.717, 1.165) is 18.9 Å². The molecule has 2 fully saturated rings. The Hall–Kier alpha value is -0.570. The SMILES string of the molecule is CCC(CC1CC1)N1CC(N)C1=O. The molecule has 2 rings (SSSR count). The van der Waals surface area contributed by atoms with Gasteiger partial charge in [-0.05, 0) is 18.8 Å². The molecule has 1 saturated heterocycles. The predicted molar refractivity (Wildman–Crippen MR) is 51.1 cm³/mol. The molecule has 3 nitrogen and oxygen atoms in total. The maximum absolute atomic E-state index is 11.4. The van der Waals surface area contributed by atoms with Gasteiger partial charge < -0.3 is 10.6 Å². The number of likely N-dealkylation sites (tertiary alicyclic amines) is 1. The first-order valence-electron chi connectivity index (χ1n) is 5.28. The molecule has 1 aliphatic carbocycles. The van der Waals surface area contributed by atoms with Crippen molar-refractivity contribution in [2.24, 2.45) is 11.7 Å². The smallest absolute Gasteiger partial charge is 0.241 e. The molecule has 2 aliphatic rings. The minimum atomic E-state index is -0.201. The Morgan fingerprint density at radius 1 is 1.62 bits per heavy atom. The van der Waals surface area contributed by atoms with E-state index in [4.69, 9.17) is 5.73 Å². The van der Waals surface area contributed by atoms with Crippen LogP contribution in [0.25, 0.3) is 0 Å². The first kappa shape index (κ1) is 9.00. The van der Waals surface area contributed by atoms with Gasteiger partial charge in [0.1, 0.15) is 6.04 Å². The zero-order valence-corrected chi connectivity index (χ0v) is 8.20. The van der Waals surface area contributed by atoms with E-state index in [0.29, 0.717) is 6.04 Å². The summed E-state index contributed by atoms with van der Waals surface area (Å²) in [4.78, 5) is 13.3. The lowest BCUT2D eigenvalue weighted by Gasteiger charge is -2.42. The van der Waals surface area contributed by atoms with Gasteiger partial charge in [0.2, 0.25) is 5.91 Å². The Bertz CT molecular complexity index is 213. The monoisotopic (exact) mass is 182 g/mol. The van der Waals surface area contributed by atoms with Crippen molar-refractivity contribution in [1.82, 2.24) is 4.90 Å². The Balaban J connectivity index is 1.85. The molecule has 0 aromatic rings. The summed E-state index contributed by atoms with van der Waals surface area (Å²) in [6.07, 6.45) is 5.01. The number of hydrogen-bond acceptors (Lipinski definition) is 2. The van der Waals surface area contributed by atoms with Crippen molar-refractivity contribution in [3.63, 3.8) is 0 Å². The molecular weight excluding hydrogens is 164 g/mol. The van der Waals surface area contributed by atoms with Crippen LogP contribution in [0.5, 0.6) is 0 Å². The van der Waals surface area contributed by atoms with Gasteiger partial charge in [0.25, 0.3) is 0 Å². The third-order valence-corrected chi connectivity index (χ3v) is 3.21. The number of nitrogens with two attached hydrogens (primary N) is 1. The second-order valence-electron chi connectivity index (χ2n) is 4.34. The molecule has 1 amide bonds. The number of rotatable bonds is 4. The van der Waals surface area contributed by atoms with E-state index in [2.05, 4.69) is 6.92 Å². The van der Waals surface area contributed by atoms with Crippen LogP contribution in [0.1, 0.15) is 32.6 Å². The van der Waals surface area contributed by atoms with Crippen molar-refractivity contribution in [1.29, 1.82) is 0 Å². The third-order valence-electron chi connectivity index (χ3n) is 3.21. The van der Waals surface area contributed by atoms with Gasteiger partial charge in [-0.1, -0.05) is 19.8 Å².